The second kappa shape index (κ2) is 5.87. The number of pyridine rings is 1. The van der Waals surface area contributed by atoms with Gasteiger partial charge in [0.2, 0.25) is 10.0 Å². The van der Waals surface area contributed by atoms with E-state index in [1.165, 1.54) is 12.1 Å². The summed E-state index contributed by atoms with van der Waals surface area (Å²) in [6.45, 7) is 1.63. The molecule has 0 fully saturated rings. The fraction of sp³-hybridized carbons (Fsp3) is 0.154. The Morgan fingerprint density at radius 3 is 2.65 bits per heavy atom. The third-order valence-electron chi connectivity index (χ3n) is 2.67. The van der Waals surface area contributed by atoms with Crippen LogP contribution in [-0.2, 0) is 10.0 Å². The SMILES string of the molecule is C[C@H](NS(=O)(=O)c1cccc(Cl)c1F)c1ccccn1. The zero-order valence-electron chi connectivity index (χ0n) is 10.5. The third kappa shape index (κ3) is 3.15. The van der Waals surface area contributed by atoms with E-state index in [0.717, 1.165) is 6.07 Å². The standard InChI is InChI=1S/C13H12ClFN2O2S/c1-9(11-6-2-3-8-16-11)17-20(18,19)12-7-4-5-10(14)13(12)15/h2-9,17H,1H3/t9-/m0/s1. The lowest BCUT2D eigenvalue weighted by atomic mass is 10.2. The summed E-state index contributed by atoms with van der Waals surface area (Å²) in [6.07, 6.45) is 1.56. The molecule has 0 saturated heterocycles. The van der Waals surface area contributed by atoms with E-state index in [-0.39, 0.29) is 5.02 Å². The van der Waals surface area contributed by atoms with Crippen molar-refractivity contribution < 1.29 is 12.8 Å². The number of halogens is 2. The zero-order chi connectivity index (χ0) is 14.8. The van der Waals surface area contributed by atoms with Gasteiger partial charge in [0.25, 0.3) is 0 Å². The van der Waals surface area contributed by atoms with Crippen LogP contribution in [-0.4, -0.2) is 13.4 Å². The van der Waals surface area contributed by atoms with Gasteiger partial charge in [-0.15, -0.1) is 0 Å². The molecule has 1 aromatic heterocycles. The Kier molecular flexibility index (Phi) is 4.37. The maximum Gasteiger partial charge on any atom is 0.244 e. The Bertz CT molecular complexity index is 708. The summed E-state index contributed by atoms with van der Waals surface area (Å²) in [4.78, 5) is 3.57. The molecule has 0 spiro atoms. The summed E-state index contributed by atoms with van der Waals surface area (Å²) in [7, 11) is -4.01. The van der Waals surface area contributed by atoms with Crippen molar-refractivity contribution in [2.75, 3.05) is 0 Å². The largest absolute Gasteiger partial charge is 0.260 e. The second-order valence-electron chi connectivity index (χ2n) is 4.15. The van der Waals surface area contributed by atoms with Gasteiger partial charge in [0.1, 0.15) is 4.90 Å². The van der Waals surface area contributed by atoms with E-state index < -0.39 is 26.8 Å². The van der Waals surface area contributed by atoms with Crippen molar-refractivity contribution in [1.29, 1.82) is 0 Å². The van der Waals surface area contributed by atoms with Gasteiger partial charge in [0, 0.05) is 6.20 Å². The molecule has 0 aliphatic rings. The van der Waals surface area contributed by atoms with Gasteiger partial charge in [0.15, 0.2) is 5.82 Å². The van der Waals surface area contributed by atoms with Crippen LogP contribution in [0.25, 0.3) is 0 Å². The molecule has 2 aromatic rings. The average molecular weight is 315 g/mol. The molecule has 106 valence electrons. The highest BCUT2D eigenvalue weighted by Gasteiger charge is 2.23. The first-order valence-corrected chi connectivity index (χ1v) is 7.65. The molecule has 1 atom stereocenters. The Hall–Kier alpha value is -1.50. The van der Waals surface area contributed by atoms with Gasteiger partial charge in [-0.1, -0.05) is 23.7 Å². The minimum atomic E-state index is -4.01. The van der Waals surface area contributed by atoms with E-state index in [0.29, 0.717) is 5.69 Å². The number of sulfonamides is 1. The van der Waals surface area contributed by atoms with E-state index in [4.69, 9.17) is 11.6 Å². The molecule has 1 heterocycles. The van der Waals surface area contributed by atoms with Gasteiger partial charge in [-0.3, -0.25) is 4.98 Å². The molecule has 1 N–H and O–H groups in total. The molecule has 0 aliphatic carbocycles. The summed E-state index contributed by atoms with van der Waals surface area (Å²) in [5.41, 5.74) is 0.540. The first-order chi connectivity index (χ1) is 9.42. The fourth-order valence-electron chi connectivity index (χ4n) is 1.68. The Labute approximate surface area is 121 Å². The van der Waals surface area contributed by atoms with E-state index in [2.05, 4.69) is 9.71 Å². The van der Waals surface area contributed by atoms with Gasteiger partial charge in [0.05, 0.1) is 16.8 Å². The zero-order valence-corrected chi connectivity index (χ0v) is 12.1. The third-order valence-corrected chi connectivity index (χ3v) is 4.52. The topological polar surface area (TPSA) is 59.1 Å². The molecule has 0 bridgehead atoms. The number of aromatic nitrogens is 1. The molecule has 20 heavy (non-hydrogen) atoms. The smallest absolute Gasteiger partial charge is 0.244 e. The minimum Gasteiger partial charge on any atom is -0.260 e. The first kappa shape index (κ1) is 14.9. The molecule has 2 rings (SSSR count). The van der Waals surface area contributed by atoms with Crippen LogP contribution in [0.15, 0.2) is 47.5 Å². The van der Waals surface area contributed by atoms with Crippen molar-refractivity contribution in [1.82, 2.24) is 9.71 Å². The summed E-state index contributed by atoms with van der Waals surface area (Å²) in [6, 6.07) is 8.40. The molecule has 1 aromatic carbocycles. The quantitative estimate of drug-likeness (QED) is 0.944. The first-order valence-electron chi connectivity index (χ1n) is 5.79. The van der Waals surface area contributed by atoms with Crippen LogP contribution in [0, 0.1) is 5.82 Å². The predicted octanol–water partition coefficient (Wildman–Crippen LogP) is 2.91. The molecule has 0 amide bonds. The van der Waals surface area contributed by atoms with Gasteiger partial charge in [-0.2, -0.15) is 0 Å². The van der Waals surface area contributed by atoms with Crippen molar-refractivity contribution in [2.45, 2.75) is 17.9 Å². The van der Waals surface area contributed by atoms with Crippen molar-refractivity contribution in [3.63, 3.8) is 0 Å². The van der Waals surface area contributed by atoms with Crippen molar-refractivity contribution in [2.24, 2.45) is 0 Å². The van der Waals surface area contributed by atoms with Crippen molar-refractivity contribution >= 4 is 21.6 Å². The summed E-state index contributed by atoms with van der Waals surface area (Å²) < 4.78 is 40.5. The van der Waals surface area contributed by atoms with Crippen LogP contribution in [0.5, 0.6) is 0 Å². The van der Waals surface area contributed by atoms with Crippen molar-refractivity contribution in [3.8, 4) is 0 Å². The normalized spacial score (nSPS) is 13.2. The molecular formula is C13H12ClFN2O2S. The van der Waals surface area contributed by atoms with Gasteiger partial charge in [-0.25, -0.2) is 17.5 Å². The van der Waals surface area contributed by atoms with Crippen LogP contribution < -0.4 is 4.72 Å². The van der Waals surface area contributed by atoms with Crippen LogP contribution in [0.1, 0.15) is 18.7 Å². The highest BCUT2D eigenvalue weighted by molar-refractivity contribution is 7.89. The number of benzene rings is 1. The molecule has 0 aliphatic heterocycles. The number of nitrogens with zero attached hydrogens (tertiary/aromatic N) is 1. The Morgan fingerprint density at radius 2 is 2.00 bits per heavy atom. The maximum absolute atomic E-state index is 13.8. The minimum absolute atomic E-state index is 0.238. The molecule has 0 saturated carbocycles. The molecule has 0 radical (unpaired) electrons. The van der Waals surface area contributed by atoms with Crippen LogP contribution in [0.2, 0.25) is 5.02 Å². The van der Waals surface area contributed by atoms with Gasteiger partial charge in [-0.05, 0) is 31.2 Å². The number of nitrogens with one attached hydrogen (secondary N) is 1. The Morgan fingerprint density at radius 1 is 1.25 bits per heavy atom. The number of rotatable bonds is 4. The predicted molar refractivity (Wildman–Crippen MR) is 74.4 cm³/mol. The van der Waals surface area contributed by atoms with Crippen LogP contribution >= 0.6 is 11.6 Å². The van der Waals surface area contributed by atoms with E-state index in [1.807, 2.05) is 0 Å². The Balaban J connectivity index is 2.30. The van der Waals surface area contributed by atoms with E-state index in [9.17, 15) is 12.8 Å². The molecule has 4 nitrogen and oxygen atoms in total. The van der Waals surface area contributed by atoms with Crippen LogP contribution in [0.3, 0.4) is 0 Å². The lowest BCUT2D eigenvalue weighted by molar-refractivity contribution is 0.545. The maximum atomic E-state index is 13.8. The summed E-state index contributed by atoms with van der Waals surface area (Å²) in [5, 5.41) is -0.238. The monoisotopic (exact) mass is 314 g/mol. The highest BCUT2D eigenvalue weighted by atomic mass is 35.5. The van der Waals surface area contributed by atoms with Crippen molar-refractivity contribution in [3.05, 3.63) is 59.1 Å². The molecular weight excluding hydrogens is 303 g/mol. The van der Waals surface area contributed by atoms with Gasteiger partial charge >= 0.3 is 0 Å². The molecule has 0 unspecified atom stereocenters. The lowest BCUT2D eigenvalue weighted by Crippen LogP contribution is -2.28. The lowest BCUT2D eigenvalue weighted by Gasteiger charge is -2.14. The average Bonchev–Trinajstić information content (AvgIpc) is 2.42. The summed E-state index contributed by atoms with van der Waals surface area (Å²) >= 11 is 5.59. The van der Waals surface area contributed by atoms with E-state index >= 15 is 0 Å². The second-order valence-corrected chi connectivity index (χ2v) is 6.24. The van der Waals surface area contributed by atoms with Crippen LogP contribution in [0.4, 0.5) is 4.39 Å². The fourth-order valence-corrected chi connectivity index (χ4v) is 3.23. The summed E-state index contributed by atoms with van der Waals surface area (Å²) in [5.74, 6) is -0.963. The van der Waals surface area contributed by atoms with E-state index in [1.54, 1.807) is 31.3 Å². The highest BCUT2D eigenvalue weighted by Crippen LogP contribution is 2.23. The molecule has 7 heteroatoms. The number of hydrogen-bond acceptors (Lipinski definition) is 3. The van der Waals surface area contributed by atoms with Gasteiger partial charge < -0.3 is 0 Å². The number of hydrogen-bond donors (Lipinski definition) is 1.